The van der Waals surface area contributed by atoms with Gasteiger partial charge in [-0.15, -0.1) is 0 Å². The highest BCUT2D eigenvalue weighted by atomic mass is 14.6. The van der Waals surface area contributed by atoms with E-state index in [0.29, 0.717) is 5.92 Å². The molecule has 1 atom stereocenters. The van der Waals surface area contributed by atoms with Gasteiger partial charge in [0.1, 0.15) is 0 Å². The Morgan fingerprint density at radius 2 is 1.10 bits per heavy atom. The summed E-state index contributed by atoms with van der Waals surface area (Å²) in [6.45, 7) is 0. The minimum atomic E-state index is -0.238. The molecule has 0 aliphatic heterocycles. The Labute approximate surface area is 171 Å². The van der Waals surface area contributed by atoms with E-state index in [0.717, 1.165) is 17.8 Å². The van der Waals surface area contributed by atoms with Gasteiger partial charge in [0.25, 0.3) is 0 Å². The van der Waals surface area contributed by atoms with Crippen LogP contribution in [-0.4, -0.2) is 0 Å². The van der Waals surface area contributed by atoms with Crippen molar-refractivity contribution in [3.8, 4) is 0 Å². The number of fused-ring (bicyclic) bond motifs is 1. The van der Waals surface area contributed by atoms with Crippen molar-refractivity contribution < 1.29 is 0 Å². The molecule has 0 heterocycles. The minimum Gasteiger partial charge on any atom is -0.399 e. The average Bonchev–Trinajstić information content (AvgIpc) is 3.12. The van der Waals surface area contributed by atoms with E-state index < -0.39 is 0 Å². The van der Waals surface area contributed by atoms with E-state index >= 15 is 0 Å². The molecule has 1 unspecified atom stereocenters. The molecule has 29 heavy (non-hydrogen) atoms. The Hall–Kier alpha value is -3.52. The van der Waals surface area contributed by atoms with Crippen LogP contribution in [-0.2, 0) is 5.41 Å². The van der Waals surface area contributed by atoms with Crippen molar-refractivity contribution in [3.05, 3.63) is 131 Å². The molecule has 1 aliphatic rings. The van der Waals surface area contributed by atoms with Crippen LogP contribution in [0.1, 0.15) is 40.2 Å². The summed E-state index contributed by atoms with van der Waals surface area (Å²) in [6, 6.07) is 36.4. The van der Waals surface area contributed by atoms with Crippen molar-refractivity contribution in [1.29, 1.82) is 0 Å². The molecule has 0 fully saturated rings. The zero-order valence-corrected chi connectivity index (χ0v) is 16.3. The fourth-order valence-corrected chi connectivity index (χ4v) is 4.95. The van der Waals surface area contributed by atoms with Crippen molar-refractivity contribution in [3.63, 3.8) is 0 Å². The van der Waals surface area contributed by atoms with Crippen LogP contribution >= 0.6 is 0 Å². The predicted molar refractivity (Wildman–Crippen MR) is 121 cm³/mol. The fourth-order valence-electron chi connectivity index (χ4n) is 4.95. The molecule has 5 rings (SSSR count). The highest BCUT2D eigenvalue weighted by molar-refractivity contribution is 5.62. The molecule has 0 saturated heterocycles. The molecule has 1 aliphatic carbocycles. The molecule has 0 bridgehead atoms. The van der Waals surface area contributed by atoms with Crippen molar-refractivity contribution in [2.45, 2.75) is 17.8 Å². The van der Waals surface area contributed by atoms with Crippen LogP contribution in [0.3, 0.4) is 0 Å². The minimum absolute atomic E-state index is 0.238. The van der Waals surface area contributed by atoms with Crippen molar-refractivity contribution in [2.75, 3.05) is 11.5 Å². The van der Waals surface area contributed by atoms with E-state index in [1.54, 1.807) is 0 Å². The molecule has 4 N–H and O–H groups in total. The van der Waals surface area contributed by atoms with Gasteiger partial charge in [-0.1, -0.05) is 78.9 Å². The Bertz CT molecular complexity index is 1080. The molecule has 0 aromatic heterocycles. The second kappa shape index (κ2) is 6.82. The Kier molecular flexibility index (Phi) is 4.13. The highest BCUT2D eigenvalue weighted by Crippen LogP contribution is 2.55. The van der Waals surface area contributed by atoms with Crippen LogP contribution < -0.4 is 11.5 Å². The fraction of sp³-hybridized carbons (Fsp3) is 0.111. The summed E-state index contributed by atoms with van der Waals surface area (Å²) in [5.41, 5.74) is 20.0. The number of nitrogen functional groups attached to an aromatic ring is 2. The van der Waals surface area contributed by atoms with Gasteiger partial charge in [0, 0.05) is 22.7 Å². The first-order valence-corrected chi connectivity index (χ1v) is 10.0. The van der Waals surface area contributed by atoms with Crippen molar-refractivity contribution in [1.82, 2.24) is 0 Å². The molecule has 0 radical (unpaired) electrons. The summed E-state index contributed by atoms with van der Waals surface area (Å²) in [6.07, 6.45) is 0.976. The number of hydrogen-bond donors (Lipinski definition) is 2. The lowest BCUT2D eigenvalue weighted by molar-refractivity contribution is 0.577. The summed E-state index contributed by atoms with van der Waals surface area (Å²) in [5, 5.41) is 0. The number of benzene rings is 4. The van der Waals surface area contributed by atoms with Crippen LogP contribution in [0.5, 0.6) is 0 Å². The molecular weight excluding hydrogens is 352 g/mol. The van der Waals surface area contributed by atoms with Crippen LogP contribution in [0.15, 0.2) is 103 Å². The zero-order chi connectivity index (χ0) is 19.8. The quantitative estimate of drug-likeness (QED) is 0.449. The number of rotatable bonds is 3. The Morgan fingerprint density at radius 3 is 1.69 bits per heavy atom. The van der Waals surface area contributed by atoms with Gasteiger partial charge in [0.05, 0.1) is 0 Å². The Morgan fingerprint density at radius 1 is 0.586 bits per heavy atom. The lowest BCUT2D eigenvalue weighted by atomic mass is 9.69. The lowest BCUT2D eigenvalue weighted by Crippen LogP contribution is -2.27. The van der Waals surface area contributed by atoms with Gasteiger partial charge in [0.2, 0.25) is 0 Å². The summed E-state index contributed by atoms with van der Waals surface area (Å²) in [5.74, 6) is 0.336. The third-order valence-electron chi connectivity index (χ3n) is 6.32. The van der Waals surface area contributed by atoms with Gasteiger partial charge >= 0.3 is 0 Å². The van der Waals surface area contributed by atoms with Gasteiger partial charge in [-0.3, -0.25) is 0 Å². The molecule has 4 aromatic rings. The molecule has 2 nitrogen and oxygen atoms in total. The number of nitrogens with two attached hydrogens (primary N) is 2. The standard InChI is InChI=1S/C27H24N2/c28-22-14-10-20(11-15-22)27(21-12-16-23(29)17-13-21)18-25(19-6-2-1-3-7-19)24-8-4-5-9-26(24)27/h1-17,25H,18,28-29H2. The van der Waals surface area contributed by atoms with E-state index in [2.05, 4.69) is 78.9 Å². The normalized spacial score (nSPS) is 17.0. The van der Waals surface area contributed by atoms with Crippen LogP contribution in [0.25, 0.3) is 0 Å². The maximum absolute atomic E-state index is 6.02. The van der Waals surface area contributed by atoms with E-state index in [4.69, 9.17) is 11.5 Å². The smallest absolute Gasteiger partial charge is 0.0463 e. The maximum atomic E-state index is 6.02. The van der Waals surface area contributed by atoms with Gasteiger partial charge in [-0.25, -0.2) is 0 Å². The lowest BCUT2D eigenvalue weighted by Gasteiger charge is -2.33. The maximum Gasteiger partial charge on any atom is 0.0463 e. The zero-order valence-electron chi connectivity index (χ0n) is 16.3. The number of hydrogen-bond acceptors (Lipinski definition) is 2. The van der Waals surface area contributed by atoms with Gasteiger partial charge < -0.3 is 11.5 Å². The molecule has 4 aromatic carbocycles. The second-order valence-electron chi connectivity index (χ2n) is 7.90. The first-order chi connectivity index (χ1) is 14.2. The molecule has 0 saturated carbocycles. The predicted octanol–water partition coefficient (Wildman–Crippen LogP) is 5.72. The molecule has 0 amide bonds. The van der Waals surface area contributed by atoms with Gasteiger partial charge in [-0.2, -0.15) is 0 Å². The third-order valence-corrected chi connectivity index (χ3v) is 6.32. The summed E-state index contributed by atoms with van der Waals surface area (Å²) in [4.78, 5) is 0. The summed E-state index contributed by atoms with van der Waals surface area (Å²) in [7, 11) is 0. The Balaban J connectivity index is 1.79. The third kappa shape index (κ3) is 2.80. The summed E-state index contributed by atoms with van der Waals surface area (Å²) >= 11 is 0. The molecule has 2 heteroatoms. The molecular formula is C27H24N2. The van der Waals surface area contributed by atoms with Gasteiger partial charge in [-0.05, 0) is 58.5 Å². The largest absolute Gasteiger partial charge is 0.399 e. The topological polar surface area (TPSA) is 52.0 Å². The second-order valence-corrected chi connectivity index (χ2v) is 7.90. The summed E-state index contributed by atoms with van der Waals surface area (Å²) < 4.78 is 0. The van der Waals surface area contributed by atoms with E-state index in [9.17, 15) is 0 Å². The SMILES string of the molecule is Nc1ccc(C2(c3ccc(N)cc3)CC(c3ccccc3)c3ccccc32)cc1. The molecule has 0 spiro atoms. The monoisotopic (exact) mass is 376 g/mol. The van der Waals surface area contributed by atoms with E-state index in [-0.39, 0.29) is 5.41 Å². The first kappa shape index (κ1) is 17.6. The van der Waals surface area contributed by atoms with Crippen LogP contribution in [0.4, 0.5) is 11.4 Å². The van der Waals surface area contributed by atoms with E-state index in [1.165, 1.54) is 27.8 Å². The van der Waals surface area contributed by atoms with Crippen molar-refractivity contribution in [2.24, 2.45) is 0 Å². The van der Waals surface area contributed by atoms with Gasteiger partial charge in [0.15, 0.2) is 0 Å². The van der Waals surface area contributed by atoms with E-state index in [1.807, 2.05) is 24.3 Å². The van der Waals surface area contributed by atoms with Crippen LogP contribution in [0, 0.1) is 0 Å². The molecule has 142 valence electrons. The average molecular weight is 377 g/mol. The van der Waals surface area contributed by atoms with Crippen molar-refractivity contribution >= 4 is 11.4 Å². The first-order valence-electron chi connectivity index (χ1n) is 10.0. The number of anilines is 2. The van der Waals surface area contributed by atoms with Crippen LogP contribution in [0.2, 0.25) is 0 Å². The highest BCUT2D eigenvalue weighted by Gasteiger charge is 2.46.